The van der Waals surface area contributed by atoms with Crippen molar-refractivity contribution in [3.8, 4) is 0 Å². The third-order valence-corrected chi connectivity index (χ3v) is 4.65. The highest BCUT2D eigenvalue weighted by Gasteiger charge is 2.28. The van der Waals surface area contributed by atoms with Gasteiger partial charge >= 0.3 is 0 Å². The summed E-state index contributed by atoms with van der Waals surface area (Å²) in [6.45, 7) is 7.73. The zero-order valence-electron chi connectivity index (χ0n) is 17.2. The lowest BCUT2D eigenvalue weighted by atomic mass is 10.1. The van der Waals surface area contributed by atoms with E-state index in [0.717, 1.165) is 6.92 Å². The van der Waals surface area contributed by atoms with Gasteiger partial charge < -0.3 is 25.3 Å². The lowest BCUT2D eigenvalue weighted by Gasteiger charge is -2.37. The number of allylic oxidation sites excluding steroid dienone is 1. The van der Waals surface area contributed by atoms with Gasteiger partial charge in [-0.15, -0.1) is 0 Å². The zero-order valence-corrected chi connectivity index (χ0v) is 17.2. The summed E-state index contributed by atoms with van der Waals surface area (Å²) in [5, 5.41) is 21.6. The highest BCUT2D eigenvalue weighted by atomic mass is 19.3. The Balaban J connectivity index is 2.07. The number of hydrogen-bond donors (Lipinski definition) is 3. The first-order valence-electron chi connectivity index (χ1n) is 9.63. The van der Waals surface area contributed by atoms with Crippen molar-refractivity contribution in [2.45, 2.75) is 25.9 Å². The normalized spacial score (nSPS) is 16.7. The quantitative estimate of drug-likeness (QED) is 0.463. The number of amides is 1. The topological polar surface area (TPSA) is 88.4 Å². The molecule has 1 aliphatic heterocycles. The molecule has 30 heavy (non-hydrogen) atoms. The molecular formula is C21H28F2N4O3. The van der Waals surface area contributed by atoms with Crippen molar-refractivity contribution in [2.75, 3.05) is 38.1 Å². The number of halogens is 2. The minimum atomic E-state index is -2.91. The molecule has 164 valence electrons. The maximum Gasteiger partial charge on any atom is 0.270 e. The first-order chi connectivity index (χ1) is 14.2. The number of aliphatic hydroxyl groups is 2. The van der Waals surface area contributed by atoms with Crippen molar-refractivity contribution in [1.29, 1.82) is 0 Å². The summed E-state index contributed by atoms with van der Waals surface area (Å²) in [7, 11) is 0. The van der Waals surface area contributed by atoms with E-state index in [1.807, 2.05) is 11.8 Å². The molecule has 0 radical (unpaired) electrons. The molecular weight excluding hydrogens is 394 g/mol. The van der Waals surface area contributed by atoms with Gasteiger partial charge in [0, 0.05) is 50.6 Å². The Hall–Kier alpha value is -2.78. The summed E-state index contributed by atoms with van der Waals surface area (Å²) in [5.74, 6) is -2.85. The van der Waals surface area contributed by atoms with Gasteiger partial charge in [-0.05, 0) is 19.1 Å². The van der Waals surface area contributed by atoms with Crippen molar-refractivity contribution in [2.24, 2.45) is 4.99 Å². The lowest BCUT2D eigenvalue weighted by molar-refractivity contribution is -0.143. The number of rotatable bonds is 7. The summed E-state index contributed by atoms with van der Waals surface area (Å²) >= 11 is 0. The summed E-state index contributed by atoms with van der Waals surface area (Å²) in [5.41, 5.74) is 1.01. The Morgan fingerprint density at radius 2 is 1.83 bits per heavy atom. The SMILES string of the molecule is C=C(Nc1ccc(C(C)(F)F)cc1)/C(=N\C=C/C)N1CCN(C(=O)C(O)CO)CC1. The van der Waals surface area contributed by atoms with E-state index in [9.17, 15) is 18.7 Å². The van der Waals surface area contributed by atoms with Crippen LogP contribution in [0.4, 0.5) is 14.5 Å². The summed E-state index contributed by atoms with van der Waals surface area (Å²) < 4.78 is 26.8. The number of carbonyl (C=O) groups excluding carboxylic acids is 1. The predicted molar refractivity (Wildman–Crippen MR) is 112 cm³/mol. The fourth-order valence-electron chi connectivity index (χ4n) is 3.00. The second-order valence-corrected chi connectivity index (χ2v) is 7.02. The Bertz CT molecular complexity index is 795. The van der Waals surface area contributed by atoms with Gasteiger partial charge in [-0.3, -0.25) is 4.79 Å². The van der Waals surface area contributed by atoms with Crippen LogP contribution in [0.3, 0.4) is 0 Å². The molecule has 9 heteroatoms. The Labute approximate surface area is 175 Å². The Morgan fingerprint density at radius 1 is 1.27 bits per heavy atom. The molecule has 2 rings (SSSR count). The van der Waals surface area contributed by atoms with Crippen LogP contribution in [-0.4, -0.2) is 70.6 Å². The number of carbonyl (C=O) groups is 1. The van der Waals surface area contributed by atoms with Crippen LogP contribution < -0.4 is 5.32 Å². The van der Waals surface area contributed by atoms with Crippen LogP contribution in [0.5, 0.6) is 0 Å². The fraction of sp³-hybridized carbons (Fsp3) is 0.429. The molecule has 1 atom stereocenters. The number of benzene rings is 1. The number of aliphatic hydroxyl groups excluding tert-OH is 2. The van der Waals surface area contributed by atoms with Gasteiger partial charge in [-0.2, -0.15) is 0 Å². The van der Waals surface area contributed by atoms with Gasteiger partial charge in [-0.25, -0.2) is 13.8 Å². The molecule has 0 aromatic heterocycles. The van der Waals surface area contributed by atoms with E-state index in [1.54, 1.807) is 24.4 Å². The van der Waals surface area contributed by atoms with Crippen molar-refractivity contribution in [3.05, 3.63) is 54.4 Å². The smallest absolute Gasteiger partial charge is 0.270 e. The summed E-state index contributed by atoms with van der Waals surface area (Å²) in [6, 6.07) is 5.82. The summed E-state index contributed by atoms with van der Waals surface area (Å²) in [6.07, 6.45) is 1.97. The number of amidine groups is 1. The molecule has 0 spiro atoms. The molecule has 1 aliphatic rings. The molecule has 1 aromatic carbocycles. The van der Waals surface area contributed by atoms with Crippen molar-refractivity contribution < 1.29 is 23.8 Å². The van der Waals surface area contributed by atoms with E-state index in [-0.39, 0.29) is 5.56 Å². The Morgan fingerprint density at radius 3 is 2.33 bits per heavy atom. The molecule has 1 saturated heterocycles. The highest BCUT2D eigenvalue weighted by molar-refractivity contribution is 6.00. The van der Waals surface area contributed by atoms with Crippen molar-refractivity contribution in [3.63, 3.8) is 0 Å². The van der Waals surface area contributed by atoms with Gasteiger partial charge in [-0.1, -0.05) is 24.8 Å². The first-order valence-corrected chi connectivity index (χ1v) is 9.63. The van der Waals surface area contributed by atoms with Crippen molar-refractivity contribution >= 4 is 17.4 Å². The van der Waals surface area contributed by atoms with Crippen LogP contribution in [0.2, 0.25) is 0 Å². The zero-order chi connectivity index (χ0) is 22.3. The molecule has 1 amide bonds. The van der Waals surface area contributed by atoms with Crippen LogP contribution in [0.15, 0.2) is 53.8 Å². The van der Waals surface area contributed by atoms with E-state index in [0.29, 0.717) is 43.4 Å². The van der Waals surface area contributed by atoms with Crippen LogP contribution >= 0.6 is 0 Å². The van der Waals surface area contributed by atoms with E-state index in [4.69, 9.17) is 5.11 Å². The summed E-state index contributed by atoms with van der Waals surface area (Å²) in [4.78, 5) is 19.9. The highest BCUT2D eigenvalue weighted by Crippen LogP contribution is 2.28. The number of aliphatic imine (C=N–C) groups is 1. The second kappa shape index (κ2) is 10.3. The van der Waals surface area contributed by atoms with Gasteiger partial charge in [0.15, 0.2) is 11.9 Å². The van der Waals surface area contributed by atoms with E-state index < -0.39 is 24.5 Å². The largest absolute Gasteiger partial charge is 0.393 e. The molecule has 1 aromatic rings. The number of piperazine rings is 1. The number of anilines is 1. The third-order valence-electron chi connectivity index (χ3n) is 4.65. The Kier molecular flexibility index (Phi) is 8.08. The third kappa shape index (κ3) is 6.11. The van der Waals surface area contributed by atoms with E-state index in [2.05, 4.69) is 16.9 Å². The maximum atomic E-state index is 13.4. The monoisotopic (exact) mass is 422 g/mol. The standard InChI is InChI=1S/C21H28F2N4O3/c1-4-9-24-19(26-10-12-27(13-11-26)20(30)18(29)14-28)15(2)25-17-7-5-16(6-8-17)21(3,22)23/h4-9,18,25,28-29H,2,10-14H2,1,3H3/b9-4-,24-19+. The van der Waals surface area contributed by atoms with Gasteiger partial charge in [0.1, 0.15) is 0 Å². The number of nitrogens with one attached hydrogen (secondary N) is 1. The molecule has 3 N–H and O–H groups in total. The van der Waals surface area contributed by atoms with Crippen molar-refractivity contribution in [1.82, 2.24) is 9.80 Å². The van der Waals surface area contributed by atoms with Gasteiger partial charge in [0.2, 0.25) is 0 Å². The van der Waals surface area contributed by atoms with Gasteiger partial charge in [0.05, 0.1) is 12.3 Å². The number of nitrogens with zero attached hydrogens (tertiary/aromatic N) is 3. The molecule has 0 saturated carbocycles. The predicted octanol–water partition coefficient (Wildman–Crippen LogP) is 2.15. The minimum absolute atomic E-state index is 0.0766. The molecule has 0 bridgehead atoms. The van der Waals surface area contributed by atoms with E-state index in [1.165, 1.54) is 17.0 Å². The number of hydrogen-bond acceptors (Lipinski definition) is 5. The number of alkyl halides is 2. The fourth-order valence-corrected chi connectivity index (χ4v) is 3.00. The average Bonchev–Trinajstić information content (AvgIpc) is 2.73. The van der Waals surface area contributed by atoms with E-state index >= 15 is 0 Å². The molecule has 1 fully saturated rings. The van der Waals surface area contributed by atoms with Crippen LogP contribution in [-0.2, 0) is 10.7 Å². The molecule has 1 heterocycles. The van der Waals surface area contributed by atoms with Crippen LogP contribution in [0.1, 0.15) is 19.4 Å². The molecule has 7 nitrogen and oxygen atoms in total. The minimum Gasteiger partial charge on any atom is -0.393 e. The maximum absolute atomic E-state index is 13.4. The van der Waals surface area contributed by atoms with Crippen LogP contribution in [0, 0.1) is 0 Å². The molecule has 0 aliphatic carbocycles. The second-order valence-electron chi connectivity index (χ2n) is 7.02. The molecule has 1 unspecified atom stereocenters. The first kappa shape index (κ1) is 23.5. The average molecular weight is 422 g/mol. The lowest BCUT2D eigenvalue weighted by Crippen LogP contribution is -2.53. The van der Waals surface area contributed by atoms with Gasteiger partial charge in [0.25, 0.3) is 11.8 Å². The van der Waals surface area contributed by atoms with Crippen LogP contribution in [0.25, 0.3) is 0 Å².